The molecule has 0 aliphatic rings. The second-order valence-corrected chi connectivity index (χ2v) is 6.27. The monoisotopic (exact) mass is 398 g/mol. The lowest BCUT2D eigenvalue weighted by atomic mass is 10.1. The Morgan fingerprint density at radius 2 is 1.93 bits per heavy atom. The fourth-order valence-corrected chi connectivity index (χ4v) is 2.80. The number of urea groups is 1. The van der Waals surface area contributed by atoms with E-state index in [1.165, 1.54) is 10.8 Å². The molecule has 0 unspecified atom stereocenters. The van der Waals surface area contributed by atoms with Crippen molar-refractivity contribution in [3.05, 3.63) is 52.2 Å². The molecular formula is C19H22N6O4. The first kappa shape index (κ1) is 20.1. The van der Waals surface area contributed by atoms with Gasteiger partial charge in [0.1, 0.15) is 12.0 Å². The van der Waals surface area contributed by atoms with Crippen molar-refractivity contribution in [2.24, 2.45) is 0 Å². The first-order chi connectivity index (χ1) is 14.0. The van der Waals surface area contributed by atoms with Crippen molar-refractivity contribution in [3.8, 4) is 0 Å². The molecule has 0 bridgehead atoms. The zero-order valence-corrected chi connectivity index (χ0v) is 16.2. The third kappa shape index (κ3) is 4.78. The number of hydrogen-bond acceptors (Lipinski definition) is 6. The number of carbonyl (C=O) groups excluding carboxylic acids is 2. The summed E-state index contributed by atoms with van der Waals surface area (Å²) in [6, 6.07) is 6.22. The van der Waals surface area contributed by atoms with Crippen molar-refractivity contribution in [1.29, 1.82) is 0 Å². The van der Waals surface area contributed by atoms with E-state index in [0.717, 1.165) is 12.0 Å². The van der Waals surface area contributed by atoms with Gasteiger partial charge in [0.25, 0.3) is 11.3 Å². The number of aryl methyl sites for hydroxylation is 1. The molecule has 152 valence electrons. The standard InChI is InChI=1S/C19H22N6O4/c1-3-5-14-16(17(27)25-18(23-14)20-11-21-25)24-19(28)22-13-8-6-12(7-9-13)10-15(26)29-4-2/h6-9,11H,3-5,10H2,1-2H3,(H,20,21,23)(H2,22,24,28). The molecule has 10 heteroatoms. The minimum atomic E-state index is -0.570. The lowest BCUT2D eigenvalue weighted by Crippen LogP contribution is -2.28. The average Bonchev–Trinajstić information content (AvgIpc) is 3.15. The maximum atomic E-state index is 12.6. The summed E-state index contributed by atoms with van der Waals surface area (Å²) in [5.41, 5.74) is 1.43. The van der Waals surface area contributed by atoms with Crippen LogP contribution >= 0.6 is 0 Å². The third-order valence-electron chi connectivity index (χ3n) is 4.10. The fraction of sp³-hybridized carbons (Fsp3) is 0.316. The van der Waals surface area contributed by atoms with Gasteiger partial charge >= 0.3 is 12.0 Å². The Bertz CT molecular complexity index is 1070. The van der Waals surface area contributed by atoms with Crippen LogP contribution in [-0.2, 0) is 22.4 Å². The first-order valence-electron chi connectivity index (χ1n) is 9.29. The SMILES string of the molecule is CCCc1nc2nc[nH]n2c(=O)c1NC(=O)Nc1ccc(CC(=O)OCC)cc1. The summed E-state index contributed by atoms with van der Waals surface area (Å²) < 4.78 is 6.08. The molecule has 0 atom stereocenters. The number of hydrogen-bond donors (Lipinski definition) is 3. The molecule has 0 aliphatic carbocycles. The van der Waals surface area contributed by atoms with Crippen LogP contribution in [-0.4, -0.2) is 38.2 Å². The van der Waals surface area contributed by atoms with E-state index < -0.39 is 11.6 Å². The number of ether oxygens (including phenoxy) is 1. The molecule has 3 aromatic rings. The highest BCUT2D eigenvalue weighted by Gasteiger charge is 2.16. The van der Waals surface area contributed by atoms with Gasteiger partial charge in [0, 0.05) is 5.69 Å². The predicted molar refractivity (Wildman–Crippen MR) is 107 cm³/mol. The number of H-pyrrole nitrogens is 1. The molecule has 3 N–H and O–H groups in total. The number of carbonyl (C=O) groups is 2. The number of nitrogens with one attached hydrogen (secondary N) is 3. The van der Waals surface area contributed by atoms with Gasteiger partial charge in [0.2, 0.25) is 0 Å². The summed E-state index contributed by atoms with van der Waals surface area (Å²) in [7, 11) is 0. The van der Waals surface area contributed by atoms with Gasteiger partial charge in [0.05, 0.1) is 18.7 Å². The molecule has 10 nitrogen and oxygen atoms in total. The van der Waals surface area contributed by atoms with Crippen LogP contribution in [0.15, 0.2) is 35.4 Å². The molecule has 2 aromatic heterocycles. The second-order valence-electron chi connectivity index (χ2n) is 6.27. The van der Waals surface area contributed by atoms with Gasteiger partial charge in [-0.3, -0.25) is 14.7 Å². The molecule has 0 saturated carbocycles. The first-order valence-corrected chi connectivity index (χ1v) is 9.29. The zero-order valence-electron chi connectivity index (χ0n) is 16.2. The molecule has 29 heavy (non-hydrogen) atoms. The molecule has 0 saturated heterocycles. The summed E-state index contributed by atoms with van der Waals surface area (Å²) in [6.07, 6.45) is 2.80. The molecule has 0 fully saturated rings. The number of nitrogens with zero attached hydrogens (tertiary/aromatic N) is 3. The zero-order chi connectivity index (χ0) is 20.8. The van der Waals surface area contributed by atoms with Crippen LogP contribution in [0.4, 0.5) is 16.2 Å². The Balaban J connectivity index is 1.72. The van der Waals surface area contributed by atoms with Crippen LogP contribution in [0.25, 0.3) is 5.78 Å². The smallest absolute Gasteiger partial charge is 0.323 e. The van der Waals surface area contributed by atoms with Crippen LogP contribution < -0.4 is 16.2 Å². The summed E-state index contributed by atoms with van der Waals surface area (Å²) in [4.78, 5) is 44.9. The minimum Gasteiger partial charge on any atom is -0.466 e. The fourth-order valence-electron chi connectivity index (χ4n) is 2.80. The number of amides is 2. The lowest BCUT2D eigenvalue weighted by molar-refractivity contribution is -0.142. The van der Waals surface area contributed by atoms with E-state index >= 15 is 0 Å². The quantitative estimate of drug-likeness (QED) is 0.523. The minimum absolute atomic E-state index is 0.102. The lowest BCUT2D eigenvalue weighted by Gasteiger charge is -2.11. The number of esters is 1. The van der Waals surface area contributed by atoms with Crippen LogP contribution in [0.5, 0.6) is 0 Å². The molecule has 0 aliphatic heterocycles. The second kappa shape index (κ2) is 9.00. The van der Waals surface area contributed by atoms with Crippen LogP contribution in [0.1, 0.15) is 31.5 Å². The number of aromatic nitrogens is 4. The largest absolute Gasteiger partial charge is 0.466 e. The Kier molecular flexibility index (Phi) is 6.22. The summed E-state index contributed by atoms with van der Waals surface area (Å²) in [6.45, 7) is 4.04. The Morgan fingerprint density at radius 3 is 2.62 bits per heavy atom. The Morgan fingerprint density at radius 1 is 1.17 bits per heavy atom. The Hall–Kier alpha value is -3.69. The van der Waals surface area contributed by atoms with Crippen LogP contribution in [0.2, 0.25) is 0 Å². The van der Waals surface area contributed by atoms with E-state index in [9.17, 15) is 14.4 Å². The Labute approximate surface area is 166 Å². The molecule has 0 spiro atoms. The molecular weight excluding hydrogens is 376 g/mol. The van der Waals surface area contributed by atoms with Crippen LogP contribution in [0, 0.1) is 0 Å². The van der Waals surface area contributed by atoms with Gasteiger partial charge in [-0.25, -0.2) is 14.8 Å². The third-order valence-corrected chi connectivity index (χ3v) is 4.10. The van der Waals surface area contributed by atoms with Crippen molar-refractivity contribution in [2.45, 2.75) is 33.1 Å². The maximum absolute atomic E-state index is 12.6. The van der Waals surface area contributed by atoms with Gasteiger partial charge in [-0.15, -0.1) is 0 Å². The van der Waals surface area contributed by atoms with E-state index in [1.807, 2.05) is 6.92 Å². The van der Waals surface area contributed by atoms with Gasteiger partial charge < -0.3 is 15.4 Å². The van der Waals surface area contributed by atoms with E-state index in [2.05, 4.69) is 25.7 Å². The van der Waals surface area contributed by atoms with E-state index in [0.29, 0.717) is 24.4 Å². The highest BCUT2D eigenvalue weighted by Crippen LogP contribution is 2.14. The van der Waals surface area contributed by atoms with Gasteiger partial charge in [-0.1, -0.05) is 25.5 Å². The highest BCUT2D eigenvalue weighted by molar-refractivity contribution is 6.00. The van der Waals surface area contributed by atoms with Crippen molar-refractivity contribution >= 4 is 29.2 Å². The highest BCUT2D eigenvalue weighted by atomic mass is 16.5. The number of benzene rings is 1. The summed E-state index contributed by atoms with van der Waals surface area (Å²) in [5, 5.41) is 7.93. The average molecular weight is 398 g/mol. The molecule has 1 aromatic carbocycles. The normalized spacial score (nSPS) is 10.7. The van der Waals surface area contributed by atoms with Crippen molar-refractivity contribution in [3.63, 3.8) is 0 Å². The number of anilines is 2. The molecule has 3 rings (SSSR count). The van der Waals surface area contributed by atoms with E-state index in [-0.39, 0.29) is 23.9 Å². The molecule has 2 heterocycles. The maximum Gasteiger partial charge on any atom is 0.323 e. The van der Waals surface area contributed by atoms with Gasteiger partial charge in [-0.05, 0) is 31.0 Å². The number of aromatic amines is 1. The van der Waals surface area contributed by atoms with E-state index in [1.54, 1.807) is 31.2 Å². The van der Waals surface area contributed by atoms with Crippen molar-refractivity contribution in [2.75, 3.05) is 17.2 Å². The predicted octanol–water partition coefficient (Wildman–Crippen LogP) is 2.12. The topological polar surface area (TPSA) is 130 Å². The van der Waals surface area contributed by atoms with Crippen molar-refractivity contribution in [1.82, 2.24) is 19.6 Å². The number of fused-ring (bicyclic) bond motifs is 1. The summed E-state index contributed by atoms with van der Waals surface area (Å²) >= 11 is 0. The molecule has 0 radical (unpaired) electrons. The van der Waals surface area contributed by atoms with E-state index in [4.69, 9.17) is 4.74 Å². The van der Waals surface area contributed by atoms with Crippen LogP contribution in [0.3, 0.4) is 0 Å². The molecule has 2 amide bonds. The van der Waals surface area contributed by atoms with Crippen molar-refractivity contribution < 1.29 is 14.3 Å². The number of rotatable bonds is 7. The van der Waals surface area contributed by atoms with Gasteiger partial charge in [-0.2, -0.15) is 4.52 Å². The summed E-state index contributed by atoms with van der Waals surface area (Å²) in [5.74, 6) is -0.0572. The van der Waals surface area contributed by atoms with Gasteiger partial charge in [0.15, 0.2) is 0 Å².